The van der Waals surface area contributed by atoms with E-state index in [1.54, 1.807) is 0 Å². The third kappa shape index (κ3) is 2.22. The molecule has 62 valence electrons. The first-order valence-corrected chi connectivity index (χ1v) is 3.58. The van der Waals surface area contributed by atoms with E-state index in [2.05, 4.69) is 5.32 Å². The van der Waals surface area contributed by atoms with Crippen LogP contribution in [0.15, 0.2) is 0 Å². The minimum Gasteiger partial charge on any atom is -0.481 e. The van der Waals surface area contributed by atoms with Gasteiger partial charge in [0.15, 0.2) is 0 Å². The molecule has 0 spiro atoms. The normalized spacial score (nSPS) is 27.7. The number of carboxylic acid groups (broad SMARTS) is 1. The van der Waals surface area contributed by atoms with Gasteiger partial charge in [-0.3, -0.25) is 9.59 Å². The number of carbonyl (C=O) groups excluding carboxylic acids is 1. The van der Waals surface area contributed by atoms with Crippen LogP contribution in [0.3, 0.4) is 0 Å². The second kappa shape index (κ2) is 2.90. The van der Waals surface area contributed by atoms with Crippen molar-refractivity contribution in [2.45, 2.75) is 13.3 Å². The molecule has 1 aliphatic carbocycles. The van der Waals surface area contributed by atoms with Crippen LogP contribution >= 0.6 is 0 Å². The lowest BCUT2D eigenvalue weighted by Gasteiger charge is -1.97. The van der Waals surface area contributed by atoms with Gasteiger partial charge < -0.3 is 10.4 Å². The first-order chi connectivity index (χ1) is 5.11. The van der Waals surface area contributed by atoms with Crippen molar-refractivity contribution in [2.75, 3.05) is 6.54 Å². The van der Waals surface area contributed by atoms with Gasteiger partial charge in [0, 0.05) is 13.5 Å². The number of hydrogen-bond acceptors (Lipinski definition) is 2. The molecule has 0 bridgehead atoms. The Kier molecular flexibility index (Phi) is 2.12. The van der Waals surface area contributed by atoms with E-state index >= 15 is 0 Å². The molecule has 2 N–H and O–H groups in total. The standard InChI is InChI=1S/C7H11NO3/c1-4(9)8-3-5-2-6(5)7(10)11/h5-6H,2-3H2,1H3,(H,8,9)(H,10,11)/t5-,6-/m1/s1. The van der Waals surface area contributed by atoms with Gasteiger partial charge in [-0.1, -0.05) is 0 Å². The van der Waals surface area contributed by atoms with Crippen LogP contribution in [0.2, 0.25) is 0 Å². The molecular weight excluding hydrogens is 146 g/mol. The molecule has 1 aliphatic rings. The summed E-state index contributed by atoms with van der Waals surface area (Å²) in [7, 11) is 0. The van der Waals surface area contributed by atoms with Crippen LogP contribution in [0.1, 0.15) is 13.3 Å². The summed E-state index contributed by atoms with van der Waals surface area (Å²) in [6.45, 7) is 1.93. The second-order valence-electron chi connectivity index (χ2n) is 2.88. The minimum absolute atomic E-state index is 0.0963. The highest BCUT2D eigenvalue weighted by Crippen LogP contribution is 2.37. The zero-order valence-corrected chi connectivity index (χ0v) is 6.33. The number of aliphatic carboxylic acids is 1. The van der Waals surface area contributed by atoms with Crippen molar-refractivity contribution in [3.63, 3.8) is 0 Å². The van der Waals surface area contributed by atoms with Crippen molar-refractivity contribution in [1.29, 1.82) is 0 Å². The van der Waals surface area contributed by atoms with Crippen molar-refractivity contribution >= 4 is 11.9 Å². The molecule has 4 nitrogen and oxygen atoms in total. The van der Waals surface area contributed by atoms with Crippen molar-refractivity contribution in [3.05, 3.63) is 0 Å². The highest BCUT2D eigenvalue weighted by atomic mass is 16.4. The van der Waals surface area contributed by atoms with E-state index in [-0.39, 0.29) is 17.7 Å². The van der Waals surface area contributed by atoms with Crippen LogP contribution in [0.25, 0.3) is 0 Å². The summed E-state index contributed by atoms with van der Waals surface area (Å²) in [6.07, 6.45) is 0.704. The lowest BCUT2D eigenvalue weighted by atomic mass is 10.3. The number of carboxylic acids is 1. The lowest BCUT2D eigenvalue weighted by Crippen LogP contribution is -2.23. The average molecular weight is 157 g/mol. The Bertz CT molecular complexity index is 190. The van der Waals surface area contributed by atoms with Gasteiger partial charge in [0.25, 0.3) is 0 Å². The summed E-state index contributed by atoms with van der Waals surface area (Å²) in [4.78, 5) is 20.7. The summed E-state index contributed by atoms with van der Waals surface area (Å²) in [5.74, 6) is -0.903. The van der Waals surface area contributed by atoms with Crippen LogP contribution in [-0.2, 0) is 9.59 Å². The smallest absolute Gasteiger partial charge is 0.306 e. The van der Waals surface area contributed by atoms with Crippen LogP contribution in [-0.4, -0.2) is 23.5 Å². The van der Waals surface area contributed by atoms with Gasteiger partial charge in [-0.15, -0.1) is 0 Å². The largest absolute Gasteiger partial charge is 0.481 e. The fraction of sp³-hybridized carbons (Fsp3) is 0.714. The monoisotopic (exact) mass is 157 g/mol. The van der Waals surface area contributed by atoms with E-state index in [0.29, 0.717) is 13.0 Å². The van der Waals surface area contributed by atoms with Gasteiger partial charge in [-0.25, -0.2) is 0 Å². The van der Waals surface area contributed by atoms with Crippen molar-refractivity contribution in [2.24, 2.45) is 11.8 Å². The Balaban J connectivity index is 2.14. The molecule has 0 saturated heterocycles. The molecule has 4 heteroatoms. The van der Waals surface area contributed by atoms with Gasteiger partial charge >= 0.3 is 5.97 Å². The molecule has 0 unspecified atom stereocenters. The predicted molar refractivity (Wildman–Crippen MR) is 37.9 cm³/mol. The third-order valence-corrected chi connectivity index (χ3v) is 1.85. The maximum absolute atomic E-state index is 10.4. The van der Waals surface area contributed by atoms with Crippen molar-refractivity contribution < 1.29 is 14.7 Å². The Labute approximate surface area is 64.6 Å². The zero-order valence-electron chi connectivity index (χ0n) is 6.33. The molecule has 1 fully saturated rings. The molecule has 1 saturated carbocycles. The molecule has 0 radical (unpaired) electrons. The van der Waals surface area contributed by atoms with E-state index in [4.69, 9.17) is 5.11 Å². The molecule has 2 atom stereocenters. The summed E-state index contributed by atoms with van der Waals surface area (Å²) >= 11 is 0. The Morgan fingerprint density at radius 3 is 2.64 bits per heavy atom. The van der Waals surface area contributed by atoms with E-state index in [0.717, 1.165) is 0 Å². The van der Waals surface area contributed by atoms with Crippen LogP contribution in [0.5, 0.6) is 0 Å². The third-order valence-electron chi connectivity index (χ3n) is 1.85. The Morgan fingerprint density at radius 1 is 1.64 bits per heavy atom. The number of carbonyl (C=O) groups is 2. The van der Waals surface area contributed by atoms with Gasteiger partial charge in [-0.2, -0.15) is 0 Å². The predicted octanol–water partition coefficient (Wildman–Crippen LogP) is -0.157. The van der Waals surface area contributed by atoms with Gasteiger partial charge in [0.2, 0.25) is 5.91 Å². The first kappa shape index (κ1) is 8.04. The fourth-order valence-electron chi connectivity index (χ4n) is 1.05. The number of hydrogen-bond donors (Lipinski definition) is 2. The van der Waals surface area contributed by atoms with E-state index in [9.17, 15) is 9.59 Å². The topological polar surface area (TPSA) is 66.4 Å². The molecule has 1 rings (SSSR count). The molecule has 11 heavy (non-hydrogen) atoms. The Hall–Kier alpha value is -1.06. The van der Waals surface area contributed by atoms with Crippen molar-refractivity contribution in [1.82, 2.24) is 5.32 Å². The summed E-state index contributed by atoms with van der Waals surface area (Å²) in [5.41, 5.74) is 0. The second-order valence-corrected chi connectivity index (χ2v) is 2.88. The first-order valence-electron chi connectivity index (χ1n) is 3.58. The zero-order chi connectivity index (χ0) is 8.43. The van der Waals surface area contributed by atoms with E-state index in [1.165, 1.54) is 6.92 Å². The highest BCUT2D eigenvalue weighted by Gasteiger charge is 2.42. The van der Waals surface area contributed by atoms with Gasteiger partial charge in [0.05, 0.1) is 5.92 Å². The SMILES string of the molecule is CC(=O)NC[C@H]1C[C@H]1C(=O)O. The maximum Gasteiger partial charge on any atom is 0.306 e. The minimum atomic E-state index is -0.750. The van der Waals surface area contributed by atoms with E-state index < -0.39 is 5.97 Å². The van der Waals surface area contributed by atoms with Gasteiger partial charge in [0.1, 0.15) is 0 Å². The average Bonchev–Trinajstić information content (AvgIpc) is 2.61. The molecular formula is C7H11NO3. The van der Waals surface area contributed by atoms with Crippen LogP contribution < -0.4 is 5.32 Å². The molecule has 0 aliphatic heterocycles. The highest BCUT2D eigenvalue weighted by molar-refractivity contribution is 5.75. The Morgan fingerprint density at radius 2 is 2.27 bits per heavy atom. The van der Waals surface area contributed by atoms with Gasteiger partial charge in [-0.05, 0) is 12.3 Å². The fourth-order valence-corrected chi connectivity index (χ4v) is 1.05. The number of nitrogens with one attached hydrogen (secondary N) is 1. The summed E-state index contributed by atoms with van der Waals surface area (Å²) < 4.78 is 0. The molecule has 0 aromatic heterocycles. The number of rotatable bonds is 3. The molecule has 0 heterocycles. The quantitative estimate of drug-likeness (QED) is 0.598. The van der Waals surface area contributed by atoms with Crippen LogP contribution in [0.4, 0.5) is 0 Å². The number of amides is 1. The van der Waals surface area contributed by atoms with E-state index in [1.807, 2.05) is 0 Å². The van der Waals surface area contributed by atoms with Crippen LogP contribution in [0, 0.1) is 11.8 Å². The van der Waals surface area contributed by atoms with Crippen molar-refractivity contribution in [3.8, 4) is 0 Å². The molecule has 0 aromatic rings. The maximum atomic E-state index is 10.4. The lowest BCUT2D eigenvalue weighted by molar-refractivity contribution is -0.139. The summed E-state index contributed by atoms with van der Waals surface area (Å²) in [5, 5.41) is 11.1. The summed E-state index contributed by atoms with van der Waals surface area (Å²) in [6, 6.07) is 0. The molecule has 1 amide bonds. The molecule has 0 aromatic carbocycles.